The molecule has 0 saturated carbocycles. The van der Waals surface area contributed by atoms with Crippen molar-refractivity contribution in [2.45, 2.75) is 23.8 Å². The van der Waals surface area contributed by atoms with Gasteiger partial charge in [-0.2, -0.15) is 18.3 Å². The number of aromatic nitrogens is 2. The second-order valence-electron chi connectivity index (χ2n) is 5.26. The summed E-state index contributed by atoms with van der Waals surface area (Å²) in [6.45, 7) is -0.334. The average molecular weight is 395 g/mol. The van der Waals surface area contributed by atoms with Crippen LogP contribution in [0.2, 0.25) is 0 Å². The molecule has 1 heterocycles. The van der Waals surface area contributed by atoms with E-state index in [0.717, 1.165) is 35.1 Å². The fourth-order valence-electron chi connectivity index (χ4n) is 2.11. The van der Waals surface area contributed by atoms with Gasteiger partial charge in [0, 0.05) is 13.6 Å². The van der Waals surface area contributed by atoms with Gasteiger partial charge < -0.3 is 5.11 Å². The van der Waals surface area contributed by atoms with Gasteiger partial charge in [0.15, 0.2) is 5.69 Å². The van der Waals surface area contributed by atoms with Gasteiger partial charge in [-0.25, -0.2) is 22.3 Å². The third kappa shape index (κ3) is 4.19. The second kappa shape index (κ2) is 7.03. The van der Waals surface area contributed by atoms with Crippen LogP contribution in [-0.2, 0) is 23.6 Å². The van der Waals surface area contributed by atoms with Gasteiger partial charge in [-0.1, -0.05) is 24.3 Å². The molecular weight excluding hydrogens is 382 g/mol. The quantitative estimate of drug-likeness (QED) is 0.730. The first-order valence-corrected chi connectivity index (χ1v) is 8.46. The van der Waals surface area contributed by atoms with Crippen LogP contribution in [0.25, 0.3) is 0 Å². The molecule has 1 atom stereocenters. The standard InChI is InChI=1S/C14H13F4N3O4S/c1-21-11(13(22)23)10(7-19-21)26(24,25)20-6-8-2-4-9(5-3-8)12(15)14(16,17)18/h2-5,7,12,20H,6H2,1H3,(H,22,23). The summed E-state index contributed by atoms with van der Waals surface area (Å²) in [5, 5.41) is 12.6. The number of carboxylic acid groups (broad SMARTS) is 1. The highest BCUT2D eigenvalue weighted by molar-refractivity contribution is 7.89. The molecule has 0 amide bonds. The van der Waals surface area contributed by atoms with E-state index in [2.05, 4.69) is 9.82 Å². The fraction of sp³-hybridized carbons (Fsp3) is 0.286. The van der Waals surface area contributed by atoms with E-state index in [9.17, 15) is 30.8 Å². The number of hydrogen-bond donors (Lipinski definition) is 2. The minimum atomic E-state index is -5.03. The molecule has 26 heavy (non-hydrogen) atoms. The number of hydrogen-bond acceptors (Lipinski definition) is 4. The number of nitrogens with zero attached hydrogens (tertiary/aromatic N) is 2. The second-order valence-corrected chi connectivity index (χ2v) is 6.99. The third-order valence-electron chi connectivity index (χ3n) is 3.42. The van der Waals surface area contributed by atoms with Crippen LogP contribution in [0.3, 0.4) is 0 Å². The van der Waals surface area contributed by atoms with E-state index in [0.29, 0.717) is 0 Å². The van der Waals surface area contributed by atoms with E-state index < -0.39 is 44.5 Å². The van der Waals surface area contributed by atoms with E-state index in [-0.39, 0.29) is 12.1 Å². The molecule has 1 aromatic heterocycles. The molecule has 0 radical (unpaired) electrons. The van der Waals surface area contributed by atoms with Crippen molar-refractivity contribution in [3.05, 3.63) is 47.3 Å². The summed E-state index contributed by atoms with van der Waals surface area (Å²) in [6.07, 6.45) is -7.30. The Balaban J connectivity index is 2.15. The molecule has 1 aromatic carbocycles. The van der Waals surface area contributed by atoms with Gasteiger partial charge in [0.25, 0.3) is 0 Å². The van der Waals surface area contributed by atoms with Gasteiger partial charge in [0.05, 0.1) is 6.20 Å². The summed E-state index contributed by atoms with van der Waals surface area (Å²) in [6, 6.07) is 4.07. The summed E-state index contributed by atoms with van der Waals surface area (Å²) in [5.74, 6) is -1.49. The van der Waals surface area contributed by atoms with Gasteiger partial charge in [-0.3, -0.25) is 4.68 Å². The first kappa shape index (κ1) is 19.8. The molecule has 1 unspecified atom stereocenters. The number of carbonyl (C=O) groups is 1. The van der Waals surface area contributed by atoms with Crippen LogP contribution in [0.4, 0.5) is 17.6 Å². The minimum absolute atomic E-state index is 0.257. The molecule has 0 aliphatic carbocycles. The molecule has 142 valence electrons. The molecule has 2 aromatic rings. The Morgan fingerprint density at radius 1 is 1.31 bits per heavy atom. The maximum atomic E-state index is 13.2. The zero-order chi connectivity index (χ0) is 19.7. The van der Waals surface area contributed by atoms with Crippen molar-refractivity contribution in [2.75, 3.05) is 0 Å². The average Bonchev–Trinajstić information content (AvgIpc) is 2.95. The van der Waals surface area contributed by atoms with Gasteiger partial charge in [0.2, 0.25) is 16.2 Å². The number of carboxylic acids is 1. The SMILES string of the molecule is Cn1ncc(S(=O)(=O)NCc2ccc(C(F)C(F)(F)F)cc2)c1C(=O)O. The summed E-state index contributed by atoms with van der Waals surface area (Å²) in [4.78, 5) is 10.6. The van der Waals surface area contributed by atoms with Crippen LogP contribution in [-0.4, -0.2) is 35.5 Å². The number of sulfonamides is 1. The lowest BCUT2D eigenvalue weighted by Crippen LogP contribution is -2.25. The zero-order valence-corrected chi connectivity index (χ0v) is 14.0. The molecule has 0 aliphatic heterocycles. The van der Waals surface area contributed by atoms with Crippen molar-refractivity contribution < 1.29 is 35.9 Å². The van der Waals surface area contributed by atoms with Crippen molar-refractivity contribution in [3.63, 3.8) is 0 Å². The van der Waals surface area contributed by atoms with Crippen molar-refractivity contribution in [3.8, 4) is 0 Å². The molecule has 0 aliphatic rings. The molecule has 0 saturated heterocycles. The third-order valence-corrected chi connectivity index (χ3v) is 4.83. The molecule has 7 nitrogen and oxygen atoms in total. The number of rotatable bonds is 6. The van der Waals surface area contributed by atoms with E-state index in [4.69, 9.17) is 5.11 Å². The zero-order valence-electron chi connectivity index (χ0n) is 13.2. The Morgan fingerprint density at radius 3 is 2.38 bits per heavy atom. The van der Waals surface area contributed by atoms with Crippen LogP contribution in [0.15, 0.2) is 35.4 Å². The van der Waals surface area contributed by atoms with Gasteiger partial charge in [0.1, 0.15) is 4.90 Å². The Morgan fingerprint density at radius 2 is 1.88 bits per heavy atom. The van der Waals surface area contributed by atoms with Crippen LogP contribution in [0.1, 0.15) is 27.8 Å². The highest BCUT2D eigenvalue weighted by Gasteiger charge is 2.41. The summed E-state index contributed by atoms with van der Waals surface area (Å²) >= 11 is 0. The number of alkyl halides is 4. The number of nitrogens with one attached hydrogen (secondary N) is 1. The summed E-state index contributed by atoms with van der Waals surface area (Å²) < 4.78 is 77.5. The summed E-state index contributed by atoms with van der Waals surface area (Å²) in [5.41, 5.74) is -0.893. The molecular formula is C14H13F4N3O4S. The highest BCUT2D eigenvalue weighted by Crippen LogP contribution is 2.35. The van der Waals surface area contributed by atoms with E-state index in [1.54, 1.807) is 0 Å². The van der Waals surface area contributed by atoms with Gasteiger partial charge in [-0.05, 0) is 11.1 Å². The largest absolute Gasteiger partial charge is 0.476 e. The smallest absolute Gasteiger partial charge is 0.423 e. The molecule has 0 bridgehead atoms. The fourth-order valence-corrected chi connectivity index (χ4v) is 3.28. The normalized spacial score (nSPS) is 13.6. The predicted molar refractivity (Wildman–Crippen MR) is 80.5 cm³/mol. The number of aromatic carboxylic acids is 1. The lowest BCUT2D eigenvalue weighted by molar-refractivity contribution is -0.182. The summed E-state index contributed by atoms with van der Waals surface area (Å²) in [7, 11) is -2.97. The number of benzene rings is 1. The van der Waals surface area contributed by atoms with E-state index in [1.807, 2.05) is 0 Å². The van der Waals surface area contributed by atoms with Crippen molar-refractivity contribution >= 4 is 16.0 Å². The van der Waals surface area contributed by atoms with Gasteiger partial charge >= 0.3 is 12.1 Å². The Bertz CT molecular complexity index is 907. The topological polar surface area (TPSA) is 101 Å². The van der Waals surface area contributed by atoms with Crippen molar-refractivity contribution in [1.29, 1.82) is 0 Å². The van der Waals surface area contributed by atoms with Crippen LogP contribution < -0.4 is 4.72 Å². The van der Waals surface area contributed by atoms with Crippen molar-refractivity contribution in [2.24, 2.45) is 7.05 Å². The van der Waals surface area contributed by atoms with Crippen LogP contribution >= 0.6 is 0 Å². The molecule has 0 fully saturated rings. The number of halogens is 4. The molecule has 2 N–H and O–H groups in total. The van der Waals surface area contributed by atoms with E-state index >= 15 is 0 Å². The highest BCUT2D eigenvalue weighted by atomic mass is 32.2. The minimum Gasteiger partial charge on any atom is -0.476 e. The molecule has 2 rings (SSSR count). The maximum Gasteiger partial charge on any atom is 0.423 e. The Labute approximate surface area is 145 Å². The first-order valence-electron chi connectivity index (χ1n) is 6.98. The Kier molecular flexibility index (Phi) is 5.37. The molecule has 0 spiro atoms. The predicted octanol–water partition coefficient (Wildman–Crippen LogP) is 2.17. The van der Waals surface area contributed by atoms with Crippen molar-refractivity contribution in [1.82, 2.24) is 14.5 Å². The number of aryl methyl sites for hydroxylation is 1. The monoisotopic (exact) mass is 395 g/mol. The van der Waals surface area contributed by atoms with E-state index in [1.165, 1.54) is 7.05 Å². The molecule has 12 heteroatoms. The lowest BCUT2D eigenvalue weighted by Gasteiger charge is -2.13. The van der Waals surface area contributed by atoms with Crippen LogP contribution in [0, 0.1) is 0 Å². The van der Waals surface area contributed by atoms with Crippen LogP contribution in [0.5, 0.6) is 0 Å². The maximum absolute atomic E-state index is 13.2. The lowest BCUT2D eigenvalue weighted by atomic mass is 10.1. The van der Waals surface area contributed by atoms with Gasteiger partial charge in [-0.15, -0.1) is 0 Å². The Hall–Kier alpha value is -2.47. The first-order chi connectivity index (χ1) is 11.9.